The molecule has 0 saturated heterocycles. The Bertz CT molecular complexity index is 641. The first-order chi connectivity index (χ1) is 11.5. The van der Waals surface area contributed by atoms with Crippen LogP contribution in [0.15, 0.2) is 54.6 Å². The second kappa shape index (κ2) is 8.24. The second-order valence-electron chi connectivity index (χ2n) is 5.91. The molecule has 0 bridgehead atoms. The van der Waals surface area contributed by atoms with Gasteiger partial charge in [0.05, 0.1) is 0 Å². The van der Waals surface area contributed by atoms with Gasteiger partial charge in [-0.1, -0.05) is 30.3 Å². The summed E-state index contributed by atoms with van der Waals surface area (Å²) in [6, 6.07) is 16.1. The number of nitrogens with zero attached hydrogens (tertiary/aromatic N) is 1. The van der Waals surface area contributed by atoms with Crippen LogP contribution in [0.2, 0.25) is 0 Å². The zero-order chi connectivity index (χ0) is 17.5. The van der Waals surface area contributed by atoms with Gasteiger partial charge in [0.2, 0.25) is 0 Å². The first-order valence-corrected chi connectivity index (χ1v) is 8.02. The van der Waals surface area contributed by atoms with Gasteiger partial charge in [-0.15, -0.1) is 0 Å². The molecule has 0 radical (unpaired) electrons. The molecule has 2 aromatic carbocycles. The molecule has 128 valence electrons. The van der Waals surface area contributed by atoms with Gasteiger partial charge < -0.3 is 20.1 Å². The summed E-state index contributed by atoms with van der Waals surface area (Å²) >= 11 is 0. The molecule has 0 aliphatic rings. The summed E-state index contributed by atoms with van der Waals surface area (Å²) in [6.07, 6.45) is -0.487. The topological polar surface area (TPSA) is 61.8 Å². The van der Waals surface area contributed by atoms with Crippen molar-refractivity contribution in [2.45, 2.75) is 39.6 Å². The maximum atomic E-state index is 12.5. The largest absolute Gasteiger partial charge is 0.508 e. The van der Waals surface area contributed by atoms with Crippen molar-refractivity contribution in [3.63, 3.8) is 0 Å². The van der Waals surface area contributed by atoms with Crippen LogP contribution < -0.4 is 10.1 Å². The molecule has 0 aliphatic carbocycles. The molecule has 0 fully saturated rings. The Morgan fingerprint density at radius 2 is 1.71 bits per heavy atom. The summed E-state index contributed by atoms with van der Waals surface area (Å²) in [5.41, 5.74) is 1.08. The van der Waals surface area contributed by atoms with Crippen molar-refractivity contribution in [2.75, 3.05) is 0 Å². The van der Waals surface area contributed by atoms with Gasteiger partial charge in [0.1, 0.15) is 11.5 Å². The van der Waals surface area contributed by atoms with Gasteiger partial charge in [0.15, 0.2) is 6.23 Å². The minimum atomic E-state index is -0.487. The standard InChI is InChI=1S/C19H24N2O3/c1-14(2)21(13-16-7-5-4-6-8-16)19(23)20-15(3)24-18-11-9-17(22)10-12-18/h4-12,14-15,22H,13H2,1-3H3,(H,20,23). The maximum Gasteiger partial charge on any atom is 0.320 e. The Morgan fingerprint density at radius 3 is 2.29 bits per heavy atom. The lowest BCUT2D eigenvalue weighted by molar-refractivity contribution is 0.142. The number of hydrogen-bond acceptors (Lipinski definition) is 3. The predicted octanol–water partition coefficient (Wildman–Crippen LogP) is 3.74. The summed E-state index contributed by atoms with van der Waals surface area (Å²) in [5.74, 6) is 0.757. The fourth-order valence-electron chi connectivity index (χ4n) is 2.28. The molecular weight excluding hydrogens is 304 g/mol. The number of phenolic OH excluding ortho intramolecular Hbond substituents is 1. The highest BCUT2D eigenvalue weighted by atomic mass is 16.5. The van der Waals surface area contributed by atoms with E-state index in [1.165, 1.54) is 0 Å². The van der Waals surface area contributed by atoms with Crippen LogP contribution in [-0.4, -0.2) is 28.3 Å². The average molecular weight is 328 g/mol. The lowest BCUT2D eigenvalue weighted by atomic mass is 10.2. The van der Waals surface area contributed by atoms with E-state index in [4.69, 9.17) is 4.74 Å². The highest BCUT2D eigenvalue weighted by Crippen LogP contribution is 2.17. The fraction of sp³-hybridized carbons (Fsp3) is 0.316. The third kappa shape index (κ3) is 5.19. The molecule has 0 heterocycles. The molecule has 1 atom stereocenters. The fourth-order valence-corrected chi connectivity index (χ4v) is 2.28. The van der Waals surface area contributed by atoms with E-state index in [2.05, 4.69) is 5.32 Å². The Balaban J connectivity index is 1.95. The first-order valence-electron chi connectivity index (χ1n) is 8.02. The van der Waals surface area contributed by atoms with Crippen LogP contribution in [0.4, 0.5) is 4.79 Å². The van der Waals surface area contributed by atoms with Crippen LogP contribution in [0.1, 0.15) is 26.3 Å². The van der Waals surface area contributed by atoms with Crippen LogP contribution in [0.3, 0.4) is 0 Å². The van der Waals surface area contributed by atoms with Crippen molar-refractivity contribution in [3.8, 4) is 11.5 Å². The van der Waals surface area contributed by atoms with E-state index in [1.54, 1.807) is 36.1 Å². The Morgan fingerprint density at radius 1 is 1.08 bits per heavy atom. The quantitative estimate of drug-likeness (QED) is 0.794. The number of ether oxygens (including phenoxy) is 1. The number of carbonyl (C=O) groups excluding carboxylic acids is 1. The van der Waals surface area contributed by atoms with E-state index in [0.717, 1.165) is 5.56 Å². The SMILES string of the molecule is CC(NC(=O)N(Cc1ccccc1)C(C)C)Oc1ccc(O)cc1. The smallest absolute Gasteiger partial charge is 0.320 e. The highest BCUT2D eigenvalue weighted by Gasteiger charge is 2.19. The van der Waals surface area contributed by atoms with Crippen molar-refractivity contribution >= 4 is 6.03 Å². The van der Waals surface area contributed by atoms with E-state index < -0.39 is 6.23 Å². The summed E-state index contributed by atoms with van der Waals surface area (Å²) in [5, 5.41) is 12.1. The number of rotatable bonds is 6. The van der Waals surface area contributed by atoms with E-state index in [-0.39, 0.29) is 17.8 Å². The number of benzene rings is 2. The Kier molecular flexibility index (Phi) is 6.07. The van der Waals surface area contributed by atoms with Crippen molar-refractivity contribution in [1.29, 1.82) is 0 Å². The van der Waals surface area contributed by atoms with Gasteiger partial charge in [-0.25, -0.2) is 4.79 Å². The molecule has 2 amide bonds. The summed E-state index contributed by atoms with van der Waals surface area (Å²) in [6.45, 7) is 6.27. The number of hydrogen-bond donors (Lipinski definition) is 2. The molecular formula is C19H24N2O3. The lowest BCUT2D eigenvalue weighted by Gasteiger charge is -2.29. The Hall–Kier alpha value is -2.69. The molecule has 0 aromatic heterocycles. The van der Waals surface area contributed by atoms with Gasteiger partial charge in [0, 0.05) is 12.6 Å². The number of nitrogens with one attached hydrogen (secondary N) is 1. The van der Waals surface area contributed by atoms with Gasteiger partial charge in [-0.3, -0.25) is 0 Å². The molecule has 2 aromatic rings. The first kappa shape index (κ1) is 17.7. The number of aromatic hydroxyl groups is 1. The van der Waals surface area contributed by atoms with Crippen molar-refractivity contribution < 1.29 is 14.6 Å². The van der Waals surface area contributed by atoms with E-state index in [0.29, 0.717) is 12.3 Å². The highest BCUT2D eigenvalue weighted by molar-refractivity contribution is 5.74. The Labute approximate surface area is 142 Å². The monoisotopic (exact) mass is 328 g/mol. The summed E-state index contributed by atoms with van der Waals surface area (Å²) in [7, 11) is 0. The minimum Gasteiger partial charge on any atom is -0.508 e. The second-order valence-corrected chi connectivity index (χ2v) is 5.91. The van der Waals surface area contributed by atoms with Crippen LogP contribution in [-0.2, 0) is 6.54 Å². The summed E-state index contributed by atoms with van der Waals surface area (Å²) < 4.78 is 5.65. The number of carbonyl (C=O) groups is 1. The van der Waals surface area contributed by atoms with Crippen LogP contribution in [0.5, 0.6) is 11.5 Å². The number of urea groups is 1. The molecule has 5 nitrogen and oxygen atoms in total. The third-order valence-corrected chi connectivity index (χ3v) is 3.56. The molecule has 0 aliphatic heterocycles. The van der Waals surface area contributed by atoms with Gasteiger partial charge in [-0.2, -0.15) is 0 Å². The predicted molar refractivity (Wildman–Crippen MR) is 93.8 cm³/mol. The van der Waals surface area contributed by atoms with Crippen LogP contribution in [0.25, 0.3) is 0 Å². The molecule has 0 saturated carbocycles. The normalized spacial score (nSPS) is 11.8. The molecule has 2 rings (SSSR count). The van der Waals surface area contributed by atoms with Crippen molar-refractivity contribution in [2.24, 2.45) is 0 Å². The maximum absolute atomic E-state index is 12.5. The van der Waals surface area contributed by atoms with Gasteiger partial charge in [0.25, 0.3) is 0 Å². The zero-order valence-corrected chi connectivity index (χ0v) is 14.3. The van der Waals surface area contributed by atoms with Crippen LogP contribution >= 0.6 is 0 Å². The number of amides is 2. The van der Waals surface area contributed by atoms with E-state index in [9.17, 15) is 9.90 Å². The minimum absolute atomic E-state index is 0.0612. The number of phenols is 1. The zero-order valence-electron chi connectivity index (χ0n) is 14.3. The average Bonchev–Trinajstić information content (AvgIpc) is 2.55. The van der Waals surface area contributed by atoms with E-state index >= 15 is 0 Å². The molecule has 0 spiro atoms. The van der Waals surface area contributed by atoms with Crippen molar-refractivity contribution in [1.82, 2.24) is 10.2 Å². The van der Waals surface area contributed by atoms with E-state index in [1.807, 2.05) is 44.2 Å². The van der Waals surface area contributed by atoms with Crippen LogP contribution in [0, 0.1) is 0 Å². The molecule has 5 heteroatoms. The molecule has 24 heavy (non-hydrogen) atoms. The molecule has 2 N–H and O–H groups in total. The third-order valence-electron chi connectivity index (χ3n) is 3.56. The van der Waals surface area contributed by atoms with Gasteiger partial charge >= 0.3 is 6.03 Å². The lowest BCUT2D eigenvalue weighted by Crippen LogP contribution is -2.48. The summed E-state index contributed by atoms with van der Waals surface area (Å²) in [4.78, 5) is 14.3. The molecule has 1 unspecified atom stereocenters. The van der Waals surface area contributed by atoms with Crippen molar-refractivity contribution in [3.05, 3.63) is 60.2 Å². The van der Waals surface area contributed by atoms with Gasteiger partial charge in [-0.05, 0) is 50.6 Å².